The summed E-state index contributed by atoms with van der Waals surface area (Å²) < 4.78 is 0. The maximum atomic E-state index is 9.13. The third-order valence-corrected chi connectivity index (χ3v) is 2.14. The van der Waals surface area contributed by atoms with Crippen LogP contribution in [0.4, 0.5) is 0 Å². The lowest BCUT2D eigenvalue weighted by molar-refractivity contribution is 0.475. The van der Waals surface area contributed by atoms with Crippen LogP contribution in [0.15, 0.2) is 18.2 Å². The Bertz CT molecular complexity index is 278. The van der Waals surface area contributed by atoms with Crippen molar-refractivity contribution in [3.63, 3.8) is 0 Å². The first-order chi connectivity index (χ1) is 5.65. The highest BCUT2D eigenvalue weighted by molar-refractivity contribution is 6.32. The summed E-state index contributed by atoms with van der Waals surface area (Å²) in [5, 5.41) is 9.48. The van der Waals surface area contributed by atoms with Gasteiger partial charge in [0.2, 0.25) is 0 Å². The van der Waals surface area contributed by atoms with Gasteiger partial charge in [-0.1, -0.05) is 24.6 Å². The molecule has 1 aromatic carbocycles. The van der Waals surface area contributed by atoms with Gasteiger partial charge in [0.25, 0.3) is 0 Å². The van der Waals surface area contributed by atoms with Crippen LogP contribution in [0.3, 0.4) is 0 Å². The van der Waals surface area contributed by atoms with Gasteiger partial charge in [0.05, 0.1) is 5.02 Å². The van der Waals surface area contributed by atoms with Crippen molar-refractivity contribution in [1.82, 2.24) is 0 Å². The molecule has 0 aliphatic rings. The molecule has 0 aliphatic carbocycles. The van der Waals surface area contributed by atoms with Crippen LogP contribution >= 0.6 is 24.0 Å². The van der Waals surface area contributed by atoms with Crippen molar-refractivity contribution in [2.75, 3.05) is 0 Å². The van der Waals surface area contributed by atoms with Crippen molar-refractivity contribution < 1.29 is 5.11 Å². The van der Waals surface area contributed by atoms with Crippen LogP contribution in [0.2, 0.25) is 5.02 Å². The van der Waals surface area contributed by atoms with Crippen molar-refractivity contribution in [2.24, 2.45) is 5.73 Å². The summed E-state index contributed by atoms with van der Waals surface area (Å²) in [5.41, 5.74) is 6.73. The monoisotopic (exact) mass is 221 g/mol. The fourth-order valence-corrected chi connectivity index (χ4v) is 1.18. The lowest BCUT2D eigenvalue weighted by atomic mass is 10.1. The fraction of sp³-hybridized carbons (Fsp3) is 0.333. The highest BCUT2D eigenvalue weighted by atomic mass is 35.5. The van der Waals surface area contributed by atoms with E-state index in [2.05, 4.69) is 0 Å². The molecule has 1 aromatic rings. The lowest BCUT2D eigenvalue weighted by Gasteiger charge is -2.09. The topological polar surface area (TPSA) is 46.2 Å². The number of phenols is 1. The molecule has 0 aliphatic heterocycles. The lowest BCUT2D eigenvalue weighted by Crippen LogP contribution is -2.08. The van der Waals surface area contributed by atoms with E-state index in [1.165, 1.54) is 0 Å². The summed E-state index contributed by atoms with van der Waals surface area (Å²) in [6.07, 6.45) is 0.862. The van der Waals surface area contributed by atoms with Crippen LogP contribution in [0.5, 0.6) is 5.75 Å². The van der Waals surface area contributed by atoms with Gasteiger partial charge in [-0.05, 0) is 24.1 Å². The van der Waals surface area contributed by atoms with Gasteiger partial charge in [-0.25, -0.2) is 0 Å². The highest BCUT2D eigenvalue weighted by Crippen LogP contribution is 2.26. The van der Waals surface area contributed by atoms with Crippen molar-refractivity contribution in [1.29, 1.82) is 0 Å². The van der Waals surface area contributed by atoms with E-state index in [4.69, 9.17) is 22.4 Å². The van der Waals surface area contributed by atoms with E-state index in [1.54, 1.807) is 18.2 Å². The van der Waals surface area contributed by atoms with E-state index >= 15 is 0 Å². The number of rotatable bonds is 2. The third kappa shape index (κ3) is 3.07. The van der Waals surface area contributed by atoms with Crippen molar-refractivity contribution in [3.05, 3.63) is 28.8 Å². The molecule has 74 valence electrons. The van der Waals surface area contributed by atoms with Crippen LogP contribution in [0, 0.1) is 0 Å². The second-order valence-corrected chi connectivity index (χ2v) is 3.13. The maximum absolute atomic E-state index is 9.13. The molecule has 0 aromatic heterocycles. The average Bonchev–Trinajstić information content (AvgIpc) is 2.08. The Morgan fingerprint density at radius 2 is 2.15 bits per heavy atom. The average molecular weight is 222 g/mol. The molecule has 3 N–H and O–H groups in total. The Balaban J connectivity index is 0.00000144. The Labute approximate surface area is 89.1 Å². The summed E-state index contributed by atoms with van der Waals surface area (Å²) in [4.78, 5) is 0. The van der Waals surface area contributed by atoms with Crippen LogP contribution in [0.1, 0.15) is 24.9 Å². The summed E-state index contributed by atoms with van der Waals surface area (Å²) in [7, 11) is 0. The fourth-order valence-electron chi connectivity index (χ4n) is 0.989. The molecule has 13 heavy (non-hydrogen) atoms. The molecule has 0 spiro atoms. The molecule has 0 amide bonds. The van der Waals surface area contributed by atoms with Gasteiger partial charge in [0.1, 0.15) is 5.75 Å². The number of aromatic hydroxyl groups is 1. The quantitative estimate of drug-likeness (QED) is 0.808. The van der Waals surface area contributed by atoms with Gasteiger partial charge in [-0.15, -0.1) is 12.4 Å². The minimum absolute atomic E-state index is 0. The van der Waals surface area contributed by atoms with Crippen LogP contribution in [-0.4, -0.2) is 5.11 Å². The molecule has 0 unspecified atom stereocenters. The first-order valence-electron chi connectivity index (χ1n) is 3.89. The minimum atomic E-state index is 0. The summed E-state index contributed by atoms with van der Waals surface area (Å²) >= 11 is 5.71. The van der Waals surface area contributed by atoms with E-state index in [-0.39, 0.29) is 24.2 Å². The van der Waals surface area contributed by atoms with Crippen LogP contribution in [0.25, 0.3) is 0 Å². The molecular weight excluding hydrogens is 209 g/mol. The normalized spacial score (nSPS) is 11.9. The standard InChI is InChI=1S/C9H12ClNO.ClH/c1-2-8(11)6-3-4-9(12)7(10)5-6;/h3-5,8,12H,2,11H2,1H3;1H/t8-;/m1./s1. The smallest absolute Gasteiger partial charge is 0.134 e. The zero-order chi connectivity index (χ0) is 9.14. The Hall–Kier alpha value is -0.440. The number of nitrogens with two attached hydrogens (primary N) is 1. The molecule has 0 fully saturated rings. The largest absolute Gasteiger partial charge is 0.506 e. The van der Waals surface area contributed by atoms with Crippen molar-refractivity contribution in [2.45, 2.75) is 19.4 Å². The van der Waals surface area contributed by atoms with E-state index < -0.39 is 0 Å². The Morgan fingerprint density at radius 3 is 2.62 bits per heavy atom. The molecule has 0 bridgehead atoms. The first-order valence-corrected chi connectivity index (χ1v) is 4.27. The van der Waals surface area contributed by atoms with Gasteiger partial charge >= 0.3 is 0 Å². The number of halogens is 2. The second-order valence-electron chi connectivity index (χ2n) is 2.73. The Kier molecular flexibility index (Phi) is 5.14. The van der Waals surface area contributed by atoms with Crippen LogP contribution < -0.4 is 5.73 Å². The molecule has 4 heteroatoms. The van der Waals surface area contributed by atoms with Gasteiger partial charge in [0, 0.05) is 6.04 Å². The number of benzene rings is 1. The summed E-state index contributed by atoms with van der Waals surface area (Å²) in [6.45, 7) is 2.01. The molecule has 0 heterocycles. The van der Waals surface area contributed by atoms with Crippen molar-refractivity contribution in [3.8, 4) is 5.75 Å². The molecule has 1 atom stereocenters. The van der Waals surface area contributed by atoms with Gasteiger partial charge in [-0.3, -0.25) is 0 Å². The predicted octanol–water partition coefficient (Wildman–Crippen LogP) is 2.88. The molecule has 0 saturated carbocycles. The van der Waals surface area contributed by atoms with E-state index in [9.17, 15) is 0 Å². The molecular formula is C9H13Cl2NO. The van der Waals surface area contributed by atoms with Crippen LogP contribution in [-0.2, 0) is 0 Å². The highest BCUT2D eigenvalue weighted by Gasteiger charge is 2.05. The minimum Gasteiger partial charge on any atom is -0.506 e. The zero-order valence-corrected chi connectivity index (χ0v) is 8.90. The van der Waals surface area contributed by atoms with Gasteiger partial charge < -0.3 is 10.8 Å². The molecule has 0 saturated heterocycles. The number of phenolic OH excluding ortho intramolecular Hbond substituents is 1. The third-order valence-electron chi connectivity index (χ3n) is 1.84. The summed E-state index contributed by atoms with van der Waals surface area (Å²) in [5.74, 6) is 0.101. The van der Waals surface area contributed by atoms with Crippen molar-refractivity contribution >= 4 is 24.0 Å². The molecule has 0 radical (unpaired) electrons. The van der Waals surface area contributed by atoms with E-state index in [0.717, 1.165) is 12.0 Å². The number of hydrogen-bond donors (Lipinski definition) is 2. The van der Waals surface area contributed by atoms with Gasteiger partial charge in [-0.2, -0.15) is 0 Å². The number of hydrogen-bond acceptors (Lipinski definition) is 2. The maximum Gasteiger partial charge on any atom is 0.134 e. The summed E-state index contributed by atoms with van der Waals surface area (Å²) in [6, 6.07) is 5.05. The van der Waals surface area contributed by atoms with Gasteiger partial charge in [0.15, 0.2) is 0 Å². The van der Waals surface area contributed by atoms with E-state index in [1.807, 2.05) is 6.92 Å². The SMILES string of the molecule is CC[C@@H](N)c1ccc(O)c(Cl)c1.Cl. The predicted molar refractivity (Wildman–Crippen MR) is 57.6 cm³/mol. The second kappa shape index (κ2) is 5.32. The van der Waals surface area contributed by atoms with E-state index in [0.29, 0.717) is 5.02 Å². The zero-order valence-electron chi connectivity index (χ0n) is 7.33. The Morgan fingerprint density at radius 1 is 1.54 bits per heavy atom. The first kappa shape index (κ1) is 12.6. The molecule has 2 nitrogen and oxygen atoms in total. The molecule has 1 rings (SSSR count).